The van der Waals surface area contributed by atoms with Crippen molar-refractivity contribution in [1.82, 2.24) is 9.61 Å². The van der Waals surface area contributed by atoms with Crippen molar-refractivity contribution in [3.05, 3.63) is 34.3 Å². The molecule has 2 heterocycles. The van der Waals surface area contributed by atoms with Gasteiger partial charge in [0.1, 0.15) is 21.5 Å². The molecule has 2 aromatic heterocycles. The van der Waals surface area contributed by atoms with Gasteiger partial charge >= 0.3 is 5.97 Å². The maximum absolute atomic E-state index is 13.3. The predicted molar refractivity (Wildman–Crippen MR) is 61.2 cm³/mol. The van der Waals surface area contributed by atoms with Crippen molar-refractivity contribution < 1.29 is 14.3 Å². The number of rotatable bonds is 1. The molecule has 0 bridgehead atoms. The van der Waals surface area contributed by atoms with Crippen LogP contribution in [0.4, 0.5) is 4.39 Å². The number of aromatic carboxylic acids is 1. The number of hydrogen-bond donors (Lipinski definition) is 1. The molecule has 0 atom stereocenters. The minimum absolute atomic E-state index is 0.0353. The second-order valence-corrected chi connectivity index (χ2v) is 3.44. The van der Waals surface area contributed by atoms with Gasteiger partial charge < -0.3 is 5.11 Å². The van der Waals surface area contributed by atoms with E-state index in [2.05, 4.69) is 21.0 Å². The lowest BCUT2D eigenvalue weighted by Crippen LogP contribution is -1.98. The van der Waals surface area contributed by atoms with Crippen molar-refractivity contribution in [2.45, 2.75) is 13.8 Å². The summed E-state index contributed by atoms with van der Waals surface area (Å²) in [6.07, 6.45) is 1.12. The van der Waals surface area contributed by atoms with Crippen LogP contribution in [-0.4, -0.2) is 20.7 Å². The molecule has 0 aliphatic heterocycles. The van der Waals surface area contributed by atoms with Gasteiger partial charge in [0.05, 0.1) is 6.20 Å². The van der Waals surface area contributed by atoms with Crippen LogP contribution in [0.5, 0.6) is 0 Å². The van der Waals surface area contributed by atoms with Crippen molar-refractivity contribution in [3.8, 4) is 0 Å². The fourth-order valence-corrected chi connectivity index (χ4v) is 1.59. The summed E-state index contributed by atoms with van der Waals surface area (Å²) in [6, 6.07) is 2.65. The van der Waals surface area contributed by atoms with Crippen LogP contribution in [0.15, 0.2) is 22.9 Å². The number of nitrogens with zero attached hydrogens (tertiary/aromatic N) is 2. The van der Waals surface area contributed by atoms with Crippen LogP contribution >= 0.6 is 15.9 Å². The van der Waals surface area contributed by atoms with Crippen molar-refractivity contribution in [2.75, 3.05) is 0 Å². The molecule has 0 aliphatic carbocycles. The highest BCUT2D eigenvalue weighted by molar-refractivity contribution is 9.10. The van der Waals surface area contributed by atoms with E-state index in [1.165, 1.54) is 16.6 Å². The summed E-state index contributed by atoms with van der Waals surface area (Å²) in [5.41, 5.74) is -0.185. The molecule has 2 aromatic rings. The summed E-state index contributed by atoms with van der Waals surface area (Å²) in [5.74, 6) is -1.81. The van der Waals surface area contributed by atoms with Gasteiger partial charge in [0, 0.05) is 0 Å². The van der Waals surface area contributed by atoms with Crippen LogP contribution in [0, 0.1) is 5.82 Å². The number of carboxylic acid groups (broad SMARTS) is 1. The average molecular weight is 289 g/mol. The molecule has 1 N–H and O–H groups in total. The summed E-state index contributed by atoms with van der Waals surface area (Å²) in [4.78, 5) is 10.7. The molecule has 0 aromatic carbocycles. The van der Waals surface area contributed by atoms with E-state index in [9.17, 15) is 9.18 Å². The highest BCUT2D eigenvalue weighted by Crippen LogP contribution is 2.19. The molecular weight excluding hydrogens is 279 g/mol. The molecule has 16 heavy (non-hydrogen) atoms. The van der Waals surface area contributed by atoms with Crippen LogP contribution < -0.4 is 0 Å². The lowest BCUT2D eigenvalue weighted by Gasteiger charge is -1.98. The Hall–Kier alpha value is -1.43. The molecule has 0 amide bonds. The molecule has 0 aliphatic rings. The highest BCUT2D eigenvalue weighted by Gasteiger charge is 2.16. The fourth-order valence-electron chi connectivity index (χ4n) is 1.19. The number of hydrogen-bond acceptors (Lipinski definition) is 2. The molecule has 0 saturated heterocycles. The van der Waals surface area contributed by atoms with E-state index in [-0.39, 0.29) is 11.1 Å². The summed E-state index contributed by atoms with van der Waals surface area (Å²) in [6.45, 7) is 4.00. The number of halogens is 2. The lowest BCUT2D eigenvalue weighted by atomic mass is 10.2. The van der Waals surface area contributed by atoms with Crippen molar-refractivity contribution in [2.24, 2.45) is 0 Å². The molecule has 2 rings (SSSR count). The zero-order valence-corrected chi connectivity index (χ0v) is 10.3. The molecule has 0 fully saturated rings. The zero-order chi connectivity index (χ0) is 12.3. The standard InChI is InChI=1S/C8H4BrFN2O2.C2H6/c9-6-2-1-5(10)7-4(8(13)14)3-11-12(6)7;1-2/h1-3H,(H,13,14);1-2H3. The Bertz CT molecular complexity index is 525. The summed E-state index contributed by atoms with van der Waals surface area (Å²) < 4.78 is 15.0. The van der Waals surface area contributed by atoms with E-state index in [4.69, 9.17) is 5.11 Å². The van der Waals surface area contributed by atoms with Gasteiger partial charge in [0.2, 0.25) is 0 Å². The van der Waals surface area contributed by atoms with Crippen LogP contribution in [0.2, 0.25) is 0 Å². The van der Waals surface area contributed by atoms with E-state index >= 15 is 0 Å². The number of fused-ring (bicyclic) bond motifs is 1. The van der Waals surface area contributed by atoms with E-state index in [1.54, 1.807) is 0 Å². The number of carbonyl (C=O) groups is 1. The fraction of sp³-hybridized carbons (Fsp3) is 0.200. The topological polar surface area (TPSA) is 54.6 Å². The number of pyridine rings is 1. The Morgan fingerprint density at radius 3 is 2.69 bits per heavy atom. The first-order valence-electron chi connectivity index (χ1n) is 4.66. The van der Waals surface area contributed by atoms with Gasteiger partial charge in [-0.3, -0.25) is 0 Å². The molecule has 0 saturated carbocycles. The van der Waals surface area contributed by atoms with Gasteiger partial charge in [-0.25, -0.2) is 13.7 Å². The van der Waals surface area contributed by atoms with Crippen LogP contribution in [0.25, 0.3) is 5.52 Å². The molecule has 86 valence electrons. The maximum atomic E-state index is 13.3. The van der Waals surface area contributed by atoms with Gasteiger partial charge in [-0.15, -0.1) is 0 Å². The lowest BCUT2D eigenvalue weighted by molar-refractivity contribution is 0.0698. The predicted octanol–water partition coefficient (Wildman–Crippen LogP) is 2.96. The van der Waals surface area contributed by atoms with Gasteiger partial charge in [-0.05, 0) is 28.1 Å². The summed E-state index contributed by atoms with van der Waals surface area (Å²) in [7, 11) is 0. The molecule has 0 unspecified atom stereocenters. The highest BCUT2D eigenvalue weighted by atomic mass is 79.9. The quantitative estimate of drug-likeness (QED) is 0.821. The molecule has 0 spiro atoms. The molecule has 0 radical (unpaired) electrons. The van der Waals surface area contributed by atoms with Crippen LogP contribution in [0.1, 0.15) is 24.2 Å². The Morgan fingerprint density at radius 2 is 2.12 bits per heavy atom. The van der Waals surface area contributed by atoms with Crippen molar-refractivity contribution in [3.63, 3.8) is 0 Å². The van der Waals surface area contributed by atoms with Gasteiger partial charge in [0.15, 0.2) is 0 Å². The van der Waals surface area contributed by atoms with Gasteiger partial charge in [0.25, 0.3) is 0 Å². The third-order valence-corrected chi connectivity index (χ3v) is 2.40. The van der Waals surface area contributed by atoms with Gasteiger partial charge in [-0.1, -0.05) is 13.8 Å². The molecule has 4 nitrogen and oxygen atoms in total. The van der Waals surface area contributed by atoms with E-state index in [0.717, 1.165) is 6.20 Å². The third kappa shape index (κ3) is 2.06. The Balaban J connectivity index is 0.000000606. The van der Waals surface area contributed by atoms with Crippen molar-refractivity contribution in [1.29, 1.82) is 0 Å². The Morgan fingerprint density at radius 1 is 1.50 bits per heavy atom. The van der Waals surface area contributed by atoms with E-state index in [0.29, 0.717) is 4.60 Å². The minimum atomic E-state index is -1.20. The minimum Gasteiger partial charge on any atom is -0.478 e. The Kier molecular flexibility index (Phi) is 4.00. The monoisotopic (exact) mass is 288 g/mol. The summed E-state index contributed by atoms with van der Waals surface area (Å²) in [5, 5.41) is 12.5. The second-order valence-electron chi connectivity index (χ2n) is 2.63. The van der Waals surface area contributed by atoms with Crippen molar-refractivity contribution >= 4 is 27.4 Å². The zero-order valence-electron chi connectivity index (χ0n) is 8.74. The maximum Gasteiger partial charge on any atom is 0.339 e. The van der Waals surface area contributed by atoms with Crippen LogP contribution in [0.3, 0.4) is 0 Å². The number of aromatic nitrogens is 2. The molecule has 6 heteroatoms. The average Bonchev–Trinajstić information content (AvgIpc) is 2.72. The van der Waals surface area contributed by atoms with E-state index in [1.807, 2.05) is 13.8 Å². The van der Waals surface area contributed by atoms with Gasteiger partial charge in [-0.2, -0.15) is 5.10 Å². The third-order valence-electron chi connectivity index (χ3n) is 1.80. The second kappa shape index (κ2) is 5.07. The molecular formula is C10H10BrFN2O2. The smallest absolute Gasteiger partial charge is 0.339 e. The normalized spacial score (nSPS) is 9.75. The first kappa shape index (κ1) is 12.6. The SMILES string of the molecule is CC.O=C(O)c1cnn2c(Br)ccc(F)c12. The first-order chi connectivity index (χ1) is 7.61. The van der Waals surface area contributed by atoms with Crippen LogP contribution in [-0.2, 0) is 0 Å². The number of carboxylic acids is 1. The largest absolute Gasteiger partial charge is 0.478 e. The summed E-state index contributed by atoms with van der Waals surface area (Å²) >= 11 is 3.13. The first-order valence-corrected chi connectivity index (χ1v) is 5.45. The van der Waals surface area contributed by atoms with E-state index < -0.39 is 11.8 Å². The Labute approximate surface area is 99.8 Å².